The molecular weight excluding hydrogens is 500 g/mol. The molecule has 4 rings (SSSR count). The number of nitrogens with zero attached hydrogens (tertiary/aromatic N) is 2. The Morgan fingerprint density at radius 1 is 1.18 bits per heavy atom. The maximum absolute atomic E-state index is 12.9. The molecule has 174 valence electrons. The Labute approximate surface area is 204 Å². The zero-order valence-corrected chi connectivity index (χ0v) is 20.4. The lowest BCUT2D eigenvalue weighted by atomic mass is 9.98. The zero-order valence-electron chi connectivity index (χ0n) is 18.8. The van der Waals surface area contributed by atoms with E-state index in [0.717, 1.165) is 4.47 Å². The number of amides is 2. The third-order valence-electron chi connectivity index (χ3n) is 5.80. The minimum absolute atomic E-state index is 0.0408. The average Bonchev–Trinajstić information content (AvgIpc) is 3.23. The van der Waals surface area contributed by atoms with Gasteiger partial charge in [0.05, 0.1) is 16.8 Å². The molecule has 0 radical (unpaired) electrons. The highest BCUT2D eigenvalue weighted by Crippen LogP contribution is 2.40. The molecule has 1 unspecified atom stereocenters. The first-order valence-electron chi connectivity index (χ1n) is 10.4. The summed E-state index contributed by atoms with van der Waals surface area (Å²) in [6.07, 6.45) is 0.656. The number of carboxylic acid groups (broad SMARTS) is 1. The molecule has 9 heteroatoms. The first-order valence-corrected chi connectivity index (χ1v) is 11.2. The van der Waals surface area contributed by atoms with E-state index >= 15 is 0 Å². The fourth-order valence-electron chi connectivity index (χ4n) is 4.40. The summed E-state index contributed by atoms with van der Waals surface area (Å²) in [7, 11) is 3.37. The molecule has 2 aromatic carbocycles. The quantitative estimate of drug-likeness (QED) is 0.423. The van der Waals surface area contributed by atoms with Gasteiger partial charge in [-0.1, -0.05) is 46.3 Å². The number of nitrogens with one attached hydrogen (secondary N) is 1. The largest absolute Gasteiger partial charge is 0.478 e. The third-order valence-corrected chi connectivity index (χ3v) is 6.29. The number of hydrogen-bond acceptors (Lipinski definition) is 4. The van der Waals surface area contributed by atoms with Crippen molar-refractivity contribution in [1.29, 1.82) is 0 Å². The van der Waals surface area contributed by atoms with Gasteiger partial charge in [0, 0.05) is 27.0 Å². The SMILES string of the molecule is Cc1c(C(=O)O)c(-c2ccccc2)c(C=C2C(=O)Nc3ccc(Br)cc32)n1C(C(N)=O)N(C)C. The molecule has 0 bridgehead atoms. The van der Waals surface area contributed by atoms with E-state index in [4.69, 9.17) is 5.73 Å². The van der Waals surface area contributed by atoms with Gasteiger partial charge in [-0.2, -0.15) is 0 Å². The molecular formula is C25H23BrN4O4. The standard InChI is InChI=1S/C25H23BrN4O4/c1-13-20(25(33)34)21(14-7-5-4-6-8-14)19(30(13)24(22(27)31)29(2)3)12-17-16-11-15(26)9-10-18(16)28-23(17)32/h4-12,24H,1-3H3,(H2,27,31)(H,28,32)(H,33,34). The summed E-state index contributed by atoms with van der Waals surface area (Å²) in [5, 5.41) is 13.0. The number of likely N-dealkylation sites (N-methyl/N-ethyl adjacent to an activating group) is 1. The Bertz CT molecular complexity index is 1360. The van der Waals surface area contributed by atoms with E-state index in [9.17, 15) is 19.5 Å². The number of aromatic nitrogens is 1. The van der Waals surface area contributed by atoms with Crippen molar-refractivity contribution < 1.29 is 19.5 Å². The molecule has 1 atom stereocenters. The fourth-order valence-corrected chi connectivity index (χ4v) is 4.76. The van der Waals surface area contributed by atoms with Gasteiger partial charge in [0.15, 0.2) is 6.17 Å². The van der Waals surface area contributed by atoms with Gasteiger partial charge >= 0.3 is 5.97 Å². The maximum atomic E-state index is 12.9. The highest BCUT2D eigenvalue weighted by atomic mass is 79.9. The second kappa shape index (κ2) is 8.92. The summed E-state index contributed by atoms with van der Waals surface area (Å²) >= 11 is 3.44. The Hall–Kier alpha value is -3.69. The van der Waals surface area contributed by atoms with Crippen LogP contribution in [0.2, 0.25) is 0 Å². The highest BCUT2D eigenvalue weighted by Gasteiger charge is 2.33. The molecule has 1 aliphatic heterocycles. The molecule has 0 spiro atoms. The number of carbonyl (C=O) groups is 3. The molecule has 8 nitrogen and oxygen atoms in total. The number of primary amides is 1. The van der Waals surface area contributed by atoms with Crippen LogP contribution in [0.15, 0.2) is 53.0 Å². The number of halogens is 1. The highest BCUT2D eigenvalue weighted by molar-refractivity contribution is 9.10. The van der Waals surface area contributed by atoms with Crippen LogP contribution in [-0.4, -0.2) is 46.5 Å². The number of rotatable bonds is 6. The summed E-state index contributed by atoms with van der Waals surface area (Å²) in [5.41, 5.74) is 9.26. The van der Waals surface area contributed by atoms with Crippen LogP contribution in [0.1, 0.15) is 33.5 Å². The van der Waals surface area contributed by atoms with E-state index in [0.29, 0.717) is 39.3 Å². The molecule has 34 heavy (non-hydrogen) atoms. The lowest BCUT2D eigenvalue weighted by Crippen LogP contribution is -2.38. The molecule has 3 aromatic rings. The van der Waals surface area contributed by atoms with Crippen LogP contribution in [-0.2, 0) is 9.59 Å². The van der Waals surface area contributed by atoms with E-state index < -0.39 is 18.0 Å². The predicted molar refractivity (Wildman–Crippen MR) is 134 cm³/mol. The van der Waals surface area contributed by atoms with Crippen molar-refractivity contribution in [2.75, 3.05) is 19.4 Å². The van der Waals surface area contributed by atoms with Crippen molar-refractivity contribution in [3.8, 4) is 11.1 Å². The smallest absolute Gasteiger partial charge is 0.338 e. The molecule has 1 aromatic heterocycles. The minimum Gasteiger partial charge on any atom is -0.478 e. The topological polar surface area (TPSA) is 118 Å². The van der Waals surface area contributed by atoms with Gasteiger partial charge in [-0.15, -0.1) is 0 Å². The number of carbonyl (C=O) groups excluding carboxylic acids is 2. The van der Waals surface area contributed by atoms with Crippen LogP contribution < -0.4 is 11.1 Å². The zero-order chi connectivity index (χ0) is 24.7. The predicted octanol–water partition coefficient (Wildman–Crippen LogP) is 3.96. The van der Waals surface area contributed by atoms with Gasteiger partial charge in [-0.25, -0.2) is 4.79 Å². The van der Waals surface area contributed by atoms with Gasteiger partial charge < -0.3 is 20.7 Å². The van der Waals surface area contributed by atoms with Crippen LogP contribution in [0.4, 0.5) is 5.69 Å². The molecule has 0 saturated carbocycles. The number of aromatic carboxylic acids is 1. The molecule has 2 amide bonds. The molecule has 1 aliphatic rings. The molecule has 2 heterocycles. The average molecular weight is 523 g/mol. The lowest BCUT2D eigenvalue weighted by molar-refractivity contribution is -0.125. The molecule has 0 saturated heterocycles. The van der Waals surface area contributed by atoms with Gasteiger partial charge in [0.25, 0.3) is 11.8 Å². The Kier molecular flexibility index (Phi) is 6.16. The Morgan fingerprint density at radius 2 is 1.85 bits per heavy atom. The van der Waals surface area contributed by atoms with E-state index in [2.05, 4.69) is 21.2 Å². The van der Waals surface area contributed by atoms with Gasteiger partial charge in [0.2, 0.25) is 0 Å². The molecule has 4 N–H and O–H groups in total. The van der Waals surface area contributed by atoms with Crippen LogP contribution >= 0.6 is 15.9 Å². The number of nitrogens with two attached hydrogens (primary N) is 1. The van der Waals surface area contributed by atoms with Crippen LogP contribution in [0.25, 0.3) is 22.8 Å². The summed E-state index contributed by atoms with van der Waals surface area (Å²) in [5.74, 6) is -2.12. The number of benzene rings is 2. The van der Waals surface area contributed by atoms with Crippen LogP contribution in [0.5, 0.6) is 0 Å². The summed E-state index contributed by atoms with van der Waals surface area (Å²) in [6.45, 7) is 1.64. The fraction of sp³-hybridized carbons (Fsp3) is 0.160. The van der Waals surface area contributed by atoms with Crippen molar-refractivity contribution in [2.45, 2.75) is 13.1 Å². The van der Waals surface area contributed by atoms with Gasteiger partial charge in [0.1, 0.15) is 0 Å². The van der Waals surface area contributed by atoms with Gasteiger partial charge in [-0.3, -0.25) is 14.5 Å². The van der Waals surface area contributed by atoms with E-state index in [1.54, 1.807) is 66.9 Å². The maximum Gasteiger partial charge on any atom is 0.338 e. The molecule has 0 aliphatic carbocycles. The van der Waals surface area contributed by atoms with Gasteiger partial charge in [-0.05, 0) is 50.9 Å². The number of carboxylic acids is 1. The first-order chi connectivity index (χ1) is 16.1. The second-order valence-corrected chi connectivity index (χ2v) is 9.12. The minimum atomic E-state index is -1.14. The van der Waals surface area contributed by atoms with Crippen molar-refractivity contribution >= 4 is 51.1 Å². The van der Waals surface area contributed by atoms with Crippen LogP contribution in [0.3, 0.4) is 0 Å². The summed E-state index contributed by atoms with van der Waals surface area (Å²) in [4.78, 5) is 39.5. The Balaban J connectivity index is 2.13. The van der Waals surface area contributed by atoms with Crippen molar-refractivity contribution in [1.82, 2.24) is 9.47 Å². The van der Waals surface area contributed by atoms with Crippen LogP contribution in [0, 0.1) is 6.92 Å². The summed E-state index contributed by atoms with van der Waals surface area (Å²) in [6, 6.07) is 14.4. The van der Waals surface area contributed by atoms with Crippen molar-refractivity contribution in [2.24, 2.45) is 5.73 Å². The second-order valence-electron chi connectivity index (χ2n) is 8.20. The Morgan fingerprint density at radius 3 is 2.44 bits per heavy atom. The number of fused-ring (bicyclic) bond motifs is 1. The third kappa shape index (κ3) is 3.93. The van der Waals surface area contributed by atoms with E-state index in [1.165, 1.54) is 0 Å². The monoisotopic (exact) mass is 522 g/mol. The van der Waals surface area contributed by atoms with Crippen molar-refractivity contribution in [3.05, 3.63) is 75.5 Å². The number of hydrogen-bond donors (Lipinski definition) is 3. The normalized spacial score (nSPS) is 14.9. The summed E-state index contributed by atoms with van der Waals surface area (Å²) < 4.78 is 2.38. The van der Waals surface area contributed by atoms with E-state index in [1.807, 2.05) is 18.2 Å². The van der Waals surface area contributed by atoms with E-state index in [-0.39, 0.29) is 11.5 Å². The lowest BCUT2D eigenvalue weighted by Gasteiger charge is -2.26. The molecule has 0 fully saturated rings. The number of anilines is 1. The van der Waals surface area contributed by atoms with Crippen molar-refractivity contribution in [3.63, 3.8) is 0 Å². The first kappa shape index (κ1) is 23.5.